The van der Waals surface area contributed by atoms with Gasteiger partial charge in [-0.25, -0.2) is 4.68 Å². The number of rotatable bonds is 3. The Hall–Kier alpha value is -1.17. The largest absolute Gasteiger partial charge is 0.359 e. The number of hydrogen-bond acceptors (Lipinski definition) is 4. The van der Waals surface area contributed by atoms with E-state index in [0.29, 0.717) is 11.9 Å². The zero-order valence-corrected chi connectivity index (χ0v) is 9.23. The maximum atomic E-state index is 5.06. The summed E-state index contributed by atoms with van der Waals surface area (Å²) in [6, 6.07) is 1.88. The lowest BCUT2D eigenvalue weighted by Crippen LogP contribution is -1.98. The van der Waals surface area contributed by atoms with Crippen LogP contribution in [0.3, 0.4) is 0 Å². The molecule has 2 rings (SSSR count). The zero-order chi connectivity index (χ0) is 9.97. The fourth-order valence-electron chi connectivity index (χ4n) is 1.13. The van der Waals surface area contributed by atoms with E-state index < -0.39 is 0 Å². The summed E-state index contributed by atoms with van der Waals surface area (Å²) in [5.41, 5.74) is 1.78. The van der Waals surface area contributed by atoms with Crippen LogP contribution in [0.4, 0.5) is 0 Å². The number of nitrogens with zero attached hydrogens (tertiary/aromatic N) is 4. The highest BCUT2D eigenvalue weighted by Gasteiger charge is 2.04. The molecule has 5 nitrogen and oxygen atoms in total. The summed E-state index contributed by atoms with van der Waals surface area (Å²) in [5, 5.41) is 12.4. The van der Waals surface area contributed by atoms with E-state index >= 15 is 0 Å². The molecule has 0 saturated heterocycles. The molecule has 0 N–H and O–H groups in total. The van der Waals surface area contributed by atoms with Crippen LogP contribution in [-0.4, -0.2) is 20.2 Å². The van der Waals surface area contributed by atoms with Gasteiger partial charge in [0.2, 0.25) is 0 Å². The van der Waals surface area contributed by atoms with Crippen molar-refractivity contribution < 1.29 is 4.52 Å². The Bertz CT molecular complexity index is 422. The summed E-state index contributed by atoms with van der Waals surface area (Å²) in [6.45, 7) is 2.46. The van der Waals surface area contributed by atoms with Crippen LogP contribution in [0, 0.1) is 6.92 Å². The van der Waals surface area contributed by atoms with Crippen molar-refractivity contribution in [3.63, 3.8) is 0 Å². The summed E-state index contributed by atoms with van der Waals surface area (Å²) >= 11 is 3.31. The molecule has 74 valence electrons. The Balaban J connectivity index is 2.10. The van der Waals surface area contributed by atoms with Crippen LogP contribution in [-0.2, 0) is 11.9 Å². The highest BCUT2D eigenvalue weighted by atomic mass is 79.9. The lowest BCUT2D eigenvalue weighted by molar-refractivity contribution is 0.367. The number of hydrogen-bond donors (Lipinski definition) is 0. The normalized spacial score (nSPS) is 10.7. The van der Waals surface area contributed by atoms with Gasteiger partial charge in [-0.3, -0.25) is 0 Å². The first-order valence-electron chi connectivity index (χ1n) is 4.15. The van der Waals surface area contributed by atoms with Crippen molar-refractivity contribution in [2.24, 2.45) is 0 Å². The van der Waals surface area contributed by atoms with Gasteiger partial charge in [-0.05, 0) is 6.92 Å². The van der Waals surface area contributed by atoms with E-state index in [9.17, 15) is 0 Å². The second kappa shape index (κ2) is 3.91. The molecule has 0 aromatic carbocycles. The summed E-state index contributed by atoms with van der Waals surface area (Å²) < 4.78 is 6.78. The molecular weight excluding hydrogens is 248 g/mol. The van der Waals surface area contributed by atoms with Gasteiger partial charge in [-0.2, -0.15) is 0 Å². The highest BCUT2D eigenvalue weighted by Crippen LogP contribution is 2.05. The minimum absolute atomic E-state index is 0.570. The maximum Gasteiger partial charge on any atom is 0.158 e. The molecule has 0 amide bonds. The van der Waals surface area contributed by atoms with Crippen LogP contribution >= 0.6 is 15.9 Å². The molecular formula is C8H9BrN4O. The number of halogens is 1. The Morgan fingerprint density at radius 2 is 2.43 bits per heavy atom. The fraction of sp³-hybridized carbons (Fsp3) is 0.375. The molecule has 14 heavy (non-hydrogen) atoms. The van der Waals surface area contributed by atoms with Gasteiger partial charge >= 0.3 is 0 Å². The minimum Gasteiger partial charge on any atom is -0.359 e. The zero-order valence-electron chi connectivity index (χ0n) is 7.64. The van der Waals surface area contributed by atoms with Gasteiger partial charge in [0.25, 0.3) is 0 Å². The number of alkyl halides is 1. The van der Waals surface area contributed by atoms with Gasteiger partial charge in [0, 0.05) is 17.6 Å². The maximum absolute atomic E-state index is 5.06. The Morgan fingerprint density at radius 1 is 1.57 bits per heavy atom. The first kappa shape index (κ1) is 9.39. The molecule has 0 atom stereocenters. The smallest absolute Gasteiger partial charge is 0.158 e. The van der Waals surface area contributed by atoms with E-state index in [2.05, 4.69) is 31.4 Å². The summed E-state index contributed by atoms with van der Waals surface area (Å²) in [6.07, 6.45) is 1.87. The van der Waals surface area contributed by atoms with Crippen LogP contribution in [0.25, 0.3) is 0 Å². The van der Waals surface area contributed by atoms with E-state index in [-0.39, 0.29) is 0 Å². The number of aromatic nitrogens is 4. The van der Waals surface area contributed by atoms with E-state index in [1.54, 1.807) is 4.68 Å². The Kier molecular flexibility index (Phi) is 2.62. The molecule has 2 aromatic rings. The second-order valence-electron chi connectivity index (χ2n) is 2.98. The predicted octanol–water partition coefficient (Wildman–Crippen LogP) is 1.52. The van der Waals surface area contributed by atoms with Crippen LogP contribution < -0.4 is 0 Å². The first-order valence-corrected chi connectivity index (χ1v) is 5.27. The molecule has 0 bridgehead atoms. The third kappa shape index (κ3) is 2.01. The summed E-state index contributed by atoms with van der Waals surface area (Å²) in [5.74, 6) is 0.786. The molecule has 0 spiro atoms. The van der Waals surface area contributed by atoms with E-state index in [4.69, 9.17) is 4.52 Å². The van der Waals surface area contributed by atoms with Gasteiger partial charge in [0.1, 0.15) is 6.54 Å². The standard InChI is InChI=1S/C8H9BrN4O/c1-6-2-8(14-11-6)5-13-4-7(3-9)10-12-13/h2,4H,3,5H2,1H3. The first-order chi connectivity index (χ1) is 6.78. The lowest BCUT2D eigenvalue weighted by atomic mass is 10.4. The lowest BCUT2D eigenvalue weighted by Gasteiger charge is -1.92. The Labute approximate surface area is 89.2 Å². The van der Waals surface area contributed by atoms with Gasteiger partial charge in [-0.15, -0.1) is 5.10 Å². The predicted molar refractivity (Wildman–Crippen MR) is 53.0 cm³/mol. The molecule has 0 unspecified atom stereocenters. The van der Waals surface area contributed by atoms with Crippen molar-refractivity contribution >= 4 is 15.9 Å². The fourth-order valence-corrected chi connectivity index (χ4v) is 1.38. The van der Waals surface area contributed by atoms with Crippen molar-refractivity contribution in [3.8, 4) is 0 Å². The minimum atomic E-state index is 0.570. The summed E-state index contributed by atoms with van der Waals surface area (Å²) in [4.78, 5) is 0. The average molecular weight is 257 g/mol. The molecule has 6 heteroatoms. The molecule has 0 saturated carbocycles. The van der Waals surface area contributed by atoms with Crippen LogP contribution in [0.5, 0.6) is 0 Å². The van der Waals surface area contributed by atoms with E-state index in [1.807, 2.05) is 19.2 Å². The molecule has 0 aliphatic carbocycles. The van der Waals surface area contributed by atoms with Crippen molar-refractivity contribution in [3.05, 3.63) is 29.4 Å². The van der Waals surface area contributed by atoms with Crippen molar-refractivity contribution in [2.45, 2.75) is 18.8 Å². The molecule has 0 radical (unpaired) electrons. The molecule has 2 heterocycles. The highest BCUT2D eigenvalue weighted by molar-refractivity contribution is 9.08. The SMILES string of the molecule is Cc1cc(Cn2cc(CBr)nn2)on1. The molecule has 2 aromatic heterocycles. The quantitative estimate of drug-likeness (QED) is 0.782. The monoisotopic (exact) mass is 256 g/mol. The van der Waals surface area contributed by atoms with E-state index in [1.165, 1.54) is 0 Å². The molecule has 0 aliphatic rings. The topological polar surface area (TPSA) is 56.7 Å². The van der Waals surface area contributed by atoms with Gasteiger partial charge in [0.15, 0.2) is 5.76 Å². The third-order valence-corrected chi connectivity index (χ3v) is 2.29. The van der Waals surface area contributed by atoms with Crippen molar-refractivity contribution in [2.75, 3.05) is 0 Å². The van der Waals surface area contributed by atoms with E-state index in [0.717, 1.165) is 17.1 Å². The Morgan fingerprint density at radius 3 is 3.00 bits per heavy atom. The second-order valence-corrected chi connectivity index (χ2v) is 3.54. The average Bonchev–Trinajstić information content (AvgIpc) is 2.76. The molecule has 0 aliphatic heterocycles. The summed E-state index contributed by atoms with van der Waals surface area (Å²) in [7, 11) is 0. The van der Waals surface area contributed by atoms with Crippen molar-refractivity contribution in [1.82, 2.24) is 20.2 Å². The molecule has 0 fully saturated rings. The third-order valence-electron chi connectivity index (χ3n) is 1.72. The van der Waals surface area contributed by atoms with Gasteiger partial charge in [0.05, 0.1) is 11.4 Å². The number of aryl methyl sites for hydroxylation is 1. The van der Waals surface area contributed by atoms with Crippen LogP contribution in [0.15, 0.2) is 16.8 Å². The van der Waals surface area contributed by atoms with Crippen LogP contribution in [0.1, 0.15) is 17.1 Å². The van der Waals surface area contributed by atoms with Crippen molar-refractivity contribution in [1.29, 1.82) is 0 Å². The van der Waals surface area contributed by atoms with Gasteiger partial charge in [-0.1, -0.05) is 26.3 Å². The van der Waals surface area contributed by atoms with Crippen LogP contribution in [0.2, 0.25) is 0 Å². The van der Waals surface area contributed by atoms with Gasteiger partial charge < -0.3 is 4.52 Å².